The molecular formula is C26H61N3O. The van der Waals surface area contributed by atoms with Crippen molar-refractivity contribution in [3.05, 3.63) is 0 Å². The first kappa shape index (κ1) is 34.5. The number of hydrogen-bond donors (Lipinski definition) is 1. The van der Waals surface area contributed by atoms with Crippen molar-refractivity contribution in [3.63, 3.8) is 0 Å². The fraction of sp³-hybridized carbons (Fsp3) is 1.00. The minimum atomic E-state index is 0.755. The molecule has 186 valence electrons. The summed E-state index contributed by atoms with van der Waals surface area (Å²) in [7, 11) is 0. The molecule has 0 saturated carbocycles. The van der Waals surface area contributed by atoms with Crippen LogP contribution in [-0.4, -0.2) is 67.3 Å². The topological polar surface area (TPSA) is 41.7 Å². The maximum Gasteiger partial charge on any atom is 0.0645 e. The standard InChI is InChI=1S/C9H20N2.C9H17NO.4C2H6/c1-9-5-2-3-7-11(9)8-4-6-10;1-8-4-2-3-5-10(8)9-6-11-7-9;4*1-2/h9H,2-8,10H2,1H3;8-9H,2-7H2,1H3;4*1-2H3. The second-order valence-corrected chi connectivity index (χ2v) is 7.30. The Morgan fingerprint density at radius 2 is 1.23 bits per heavy atom. The molecule has 0 amide bonds. The smallest absolute Gasteiger partial charge is 0.0645 e. The maximum atomic E-state index is 5.46. The second-order valence-electron chi connectivity index (χ2n) is 7.30. The molecule has 3 saturated heterocycles. The van der Waals surface area contributed by atoms with Crippen molar-refractivity contribution in [2.24, 2.45) is 5.73 Å². The first-order chi connectivity index (χ1) is 14.7. The van der Waals surface area contributed by atoms with E-state index in [0.717, 1.165) is 44.3 Å². The number of rotatable bonds is 4. The fourth-order valence-corrected chi connectivity index (χ4v) is 3.86. The van der Waals surface area contributed by atoms with Crippen LogP contribution >= 0.6 is 0 Å². The number of hydrogen-bond acceptors (Lipinski definition) is 4. The summed E-state index contributed by atoms with van der Waals surface area (Å²) in [5.74, 6) is 0. The van der Waals surface area contributed by atoms with Crippen molar-refractivity contribution in [3.8, 4) is 0 Å². The molecule has 2 N–H and O–H groups in total. The van der Waals surface area contributed by atoms with Gasteiger partial charge in [0.25, 0.3) is 0 Å². The summed E-state index contributed by atoms with van der Waals surface area (Å²) in [6.07, 6.45) is 9.53. The van der Waals surface area contributed by atoms with Gasteiger partial charge in [0.1, 0.15) is 0 Å². The molecule has 3 aliphatic rings. The van der Waals surface area contributed by atoms with Crippen molar-refractivity contribution in [2.75, 3.05) is 39.4 Å². The average Bonchev–Trinajstić information content (AvgIpc) is 2.80. The van der Waals surface area contributed by atoms with Gasteiger partial charge in [-0.25, -0.2) is 0 Å². The fourth-order valence-electron chi connectivity index (χ4n) is 3.86. The summed E-state index contributed by atoms with van der Waals surface area (Å²) < 4.78 is 5.19. The van der Waals surface area contributed by atoms with Crippen molar-refractivity contribution in [1.29, 1.82) is 0 Å². The van der Waals surface area contributed by atoms with Gasteiger partial charge in [-0.3, -0.25) is 4.90 Å². The average molecular weight is 432 g/mol. The van der Waals surface area contributed by atoms with E-state index < -0.39 is 0 Å². The highest BCUT2D eigenvalue weighted by Gasteiger charge is 2.30. The normalized spacial score (nSPS) is 23.7. The molecule has 2 atom stereocenters. The molecule has 0 aromatic rings. The van der Waals surface area contributed by atoms with Gasteiger partial charge in [0.15, 0.2) is 0 Å². The lowest BCUT2D eigenvalue weighted by Crippen LogP contribution is -2.54. The van der Waals surface area contributed by atoms with Gasteiger partial charge in [0, 0.05) is 12.1 Å². The summed E-state index contributed by atoms with van der Waals surface area (Å²) in [6, 6.07) is 2.36. The first-order valence-electron chi connectivity index (χ1n) is 13.5. The molecule has 0 spiro atoms. The zero-order valence-corrected chi connectivity index (χ0v) is 22.8. The van der Waals surface area contributed by atoms with Gasteiger partial charge in [0.05, 0.1) is 19.3 Å². The van der Waals surface area contributed by atoms with E-state index in [-0.39, 0.29) is 0 Å². The highest BCUT2D eigenvalue weighted by Crippen LogP contribution is 2.22. The van der Waals surface area contributed by atoms with Crippen LogP contribution in [0.5, 0.6) is 0 Å². The van der Waals surface area contributed by atoms with E-state index in [9.17, 15) is 0 Å². The molecule has 0 aliphatic carbocycles. The molecule has 4 heteroatoms. The van der Waals surface area contributed by atoms with Crippen LogP contribution in [0.3, 0.4) is 0 Å². The quantitative estimate of drug-likeness (QED) is 0.546. The molecule has 3 heterocycles. The van der Waals surface area contributed by atoms with Gasteiger partial charge >= 0.3 is 0 Å². The Morgan fingerprint density at radius 3 is 1.63 bits per heavy atom. The van der Waals surface area contributed by atoms with Crippen molar-refractivity contribution in [1.82, 2.24) is 9.80 Å². The molecule has 3 rings (SSSR count). The summed E-state index contributed by atoms with van der Waals surface area (Å²) in [5, 5.41) is 0. The Labute approximate surface area is 192 Å². The van der Waals surface area contributed by atoms with E-state index in [4.69, 9.17) is 10.5 Å². The zero-order valence-electron chi connectivity index (χ0n) is 22.8. The van der Waals surface area contributed by atoms with E-state index in [1.165, 1.54) is 58.2 Å². The van der Waals surface area contributed by atoms with E-state index >= 15 is 0 Å². The molecule has 0 bridgehead atoms. The lowest BCUT2D eigenvalue weighted by molar-refractivity contribution is -0.0843. The molecule has 2 unspecified atom stereocenters. The van der Waals surface area contributed by atoms with Gasteiger partial charge in [-0.2, -0.15) is 0 Å². The van der Waals surface area contributed by atoms with Crippen LogP contribution in [-0.2, 0) is 4.74 Å². The molecule has 30 heavy (non-hydrogen) atoms. The SMILES string of the molecule is CC.CC.CC.CC.CC1CCCCN1C1COC1.CC1CCCCN1CCCN. The third-order valence-electron chi connectivity index (χ3n) is 5.53. The van der Waals surface area contributed by atoms with Gasteiger partial charge < -0.3 is 15.4 Å². The van der Waals surface area contributed by atoms with Crippen molar-refractivity contribution in [2.45, 2.75) is 132 Å². The highest BCUT2D eigenvalue weighted by molar-refractivity contribution is 4.83. The monoisotopic (exact) mass is 431 g/mol. The van der Waals surface area contributed by atoms with Crippen LogP contribution in [0.25, 0.3) is 0 Å². The molecule has 0 radical (unpaired) electrons. The third-order valence-corrected chi connectivity index (χ3v) is 5.53. The van der Waals surface area contributed by atoms with Crippen molar-refractivity contribution >= 4 is 0 Å². The third kappa shape index (κ3) is 15.6. The molecule has 0 aromatic carbocycles. The summed E-state index contributed by atoms with van der Waals surface area (Å²) >= 11 is 0. The number of likely N-dealkylation sites (tertiary alicyclic amines) is 2. The van der Waals surface area contributed by atoms with E-state index in [2.05, 4.69) is 23.6 Å². The Bertz CT molecular complexity index is 296. The summed E-state index contributed by atoms with van der Waals surface area (Å²) in [6.45, 7) is 27.3. The van der Waals surface area contributed by atoms with E-state index in [0.29, 0.717) is 0 Å². The summed E-state index contributed by atoms with van der Waals surface area (Å²) in [4.78, 5) is 5.18. The van der Waals surface area contributed by atoms with Crippen LogP contribution in [0.4, 0.5) is 0 Å². The minimum absolute atomic E-state index is 0.755. The van der Waals surface area contributed by atoms with Crippen LogP contribution in [0.1, 0.15) is 114 Å². The predicted octanol–water partition coefficient (Wildman–Crippen LogP) is 6.57. The van der Waals surface area contributed by atoms with Crippen LogP contribution in [0, 0.1) is 0 Å². The number of nitrogens with zero attached hydrogens (tertiary/aromatic N) is 2. The molecule has 3 fully saturated rings. The Balaban J connectivity index is -0.000000365. The van der Waals surface area contributed by atoms with Gasteiger partial charge in [0.2, 0.25) is 0 Å². The van der Waals surface area contributed by atoms with Crippen LogP contribution < -0.4 is 5.73 Å². The van der Waals surface area contributed by atoms with Gasteiger partial charge in [-0.05, 0) is 72.1 Å². The predicted molar refractivity (Wildman–Crippen MR) is 139 cm³/mol. The van der Waals surface area contributed by atoms with E-state index in [1.807, 2.05) is 55.4 Å². The number of nitrogens with two attached hydrogens (primary N) is 1. The molecular weight excluding hydrogens is 370 g/mol. The maximum absolute atomic E-state index is 5.46. The second kappa shape index (κ2) is 26.9. The first-order valence-corrected chi connectivity index (χ1v) is 13.5. The van der Waals surface area contributed by atoms with Gasteiger partial charge in [-0.15, -0.1) is 0 Å². The Hall–Kier alpha value is -0.160. The van der Waals surface area contributed by atoms with Gasteiger partial charge in [-0.1, -0.05) is 68.2 Å². The molecule has 0 aromatic heterocycles. The Morgan fingerprint density at radius 1 is 0.733 bits per heavy atom. The van der Waals surface area contributed by atoms with Crippen LogP contribution in [0.15, 0.2) is 0 Å². The number of ether oxygens (including phenoxy) is 1. The zero-order chi connectivity index (χ0) is 23.8. The van der Waals surface area contributed by atoms with Crippen LogP contribution in [0.2, 0.25) is 0 Å². The largest absolute Gasteiger partial charge is 0.378 e. The Kier molecular flexibility index (Phi) is 30.9. The highest BCUT2D eigenvalue weighted by atomic mass is 16.5. The van der Waals surface area contributed by atoms with Crippen molar-refractivity contribution < 1.29 is 4.74 Å². The van der Waals surface area contributed by atoms with E-state index in [1.54, 1.807) is 0 Å². The number of piperidine rings is 2. The lowest BCUT2D eigenvalue weighted by Gasteiger charge is -2.43. The minimum Gasteiger partial charge on any atom is -0.378 e. The molecule has 4 nitrogen and oxygen atoms in total. The lowest BCUT2D eigenvalue weighted by atomic mass is 10.0. The summed E-state index contributed by atoms with van der Waals surface area (Å²) in [5.41, 5.74) is 5.46. The molecule has 3 aliphatic heterocycles.